The number of hydrogen-bond donors (Lipinski definition) is 3. The van der Waals surface area contributed by atoms with Crippen LogP contribution in [0, 0.1) is 17.8 Å². The number of likely N-dealkylation sites (N-methyl/N-ethyl adjacent to an activating group) is 3. The maximum Gasteiger partial charge on any atom is 0.329 e. The molecule has 1 heterocycles. The molecule has 1 aromatic rings. The van der Waals surface area contributed by atoms with Crippen LogP contribution in [-0.2, 0) is 44.7 Å². The number of benzene rings is 1. The summed E-state index contributed by atoms with van der Waals surface area (Å²) in [6.45, 7) is 16.3. The highest BCUT2D eigenvalue weighted by Gasteiger charge is 2.39. The molecule has 1 aliphatic heterocycles. The molecule has 57 heavy (non-hydrogen) atoms. The van der Waals surface area contributed by atoms with Crippen LogP contribution in [0.3, 0.4) is 0 Å². The number of ether oxygens (including phenoxy) is 1. The molecule has 6 amide bonds. The lowest BCUT2D eigenvalue weighted by atomic mass is 9.94. The first-order valence-electron chi connectivity index (χ1n) is 20.7. The number of hydrogen-bond acceptors (Lipinski definition) is 8. The van der Waals surface area contributed by atoms with Gasteiger partial charge in [-0.3, -0.25) is 28.8 Å². The van der Waals surface area contributed by atoms with Crippen LogP contribution in [0.1, 0.15) is 113 Å². The fourth-order valence-corrected chi connectivity index (χ4v) is 7.00. The molecular weight excluding hydrogens is 729 g/mol. The Morgan fingerprint density at radius 2 is 1.12 bits per heavy atom. The first-order chi connectivity index (χ1) is 26.7. The quantitative estimate of drug-likeness (QED) is 0.268. The second-order valence-corrected chi connectivity index (χ2v) is 16.7. The predicted octanol–water partition coefficient (Wildman–Crippen LogP) is 3.85. The molecule has 320 valence electrons. The molecule has 8 atom stereocenters. The molecule has 1 fully saturated rings. The monoisotopic (exact) mass is 799 g/mol. The fraction of sp³-hybridized carbons (Fsp3) is 0.698. The van der Waals surface area contributed by atoms with Crippen LogP contribution in [-0.4, -0.2) is 120 Å². The van der Waals surface area contributed by atoms with Gasteiger partial charge in [0.15, 0.2) is 6.10 Å². The van der Waals surface area contributed by atoms with E-state index in [1.165, 1.54) is 49.7 Å². The van der Waals surface area contributed by atoms with Crippen LogP contribution in [0.4, 0.5) is 0 Å². The third-order valence-electron chi connectivity index (χ3n) is 10.8. The summed E-state index contributed by atoms with van der Waals surface area (Å²) < 4.78 is 5.52. The molecule has 0 saturated carbocycles. The van der Waals surface area contributed by atoms with Crippen LogP contribution in [0.25, 0.3) is 0 Å². The van der Waals surface area contributed by atoms with Gasteiger partial charge in [-0.1, -0.05) is 98.1 Å². The number of nitrogens with zero attached hydrogens (tertiary/aromatic N) is 3. The van der Waals surface area contributed by atoms with Crippen LogP contribution >= 0.6 is 0 Å². The highest BCUT2D eigenvalue weighted by molar-refractivity contribution is 5.97. The summed E-state index contributed by atoms with van der Waals surface area (Å²) >= 11 is 0. The van der Waals surface area contributed by atoms with Gasteiger partial charge < -0.3 is 35.4 Å². The SMILES string of the molecule is CCCC[C@@H](C)C[C@@H]1NC(=O)[C@H](Cc2ccccc2)N(C)C(=O)[C@H](CC(C)C)NC(=O)[C@H](CC(C)C)N(C)C(=O)[C@H](CC)NC(=O)[C@@H](C)OC(=O)[C@H](C)N(C)C1=O. The predicted molar refractivity (Wildman–Crippen MR) is 219 cm³/mol. The largest absolute Gasteiger partial charge is 0.451 e. The zero-order valence-electron chi connectivity index (χ0n) is 36.4. The van der Waals surface area contributed by atoms with Crippen LogP contribution < -0.4 is 16.0 Å². The van der Waals surface area contributed by atoms with E-state index in [2.05, 4.69) is 22.9 Å². The van der Waals surface area contributed by atoms with Crippen molar-refractivity contribution in [3.8, 4) is 0 Å². The molecule has 0 bridgehead atoms. The van der Waals surface area contributed by atoms with Gasteiger partial charge in [-0.05, 0) is 62.8 Å². The summed E-state index contributed by atoms with van der Waals surface area (Å²) in [6, 6.07) is 2.83. The van der Waals surface area contributed by atoms with Crippen molar-refractivity contribution in [2.45, 2.75) is 156 Å². The maximum atomic E-state index is 14.6. The first kappa shape index (κ1) is 48.7. The minimum Gasteiger partial charge on any atom is -0.451 e. The molecule has 0 unspecified atom stereocenters. The van der Waals surface area contributed by atoms with Gasteiger partial charge in [0.05, 0.1) is 0 Å². The highest BCUT2D eigenvalue weighted by Crippen LogP contribution is 2.20. The van der Waals surface area contributed by atoms with Crippen LogP contribution in [0.15, 0.2) is 30.3 Å². The summed E-state index contributed by atoms with van der Waals surface area (Å²) in [5.41, 5.74) is 0.778. The van der Waals surface area contributed by atoms with Crippen molar-refractivity contribution in [3.63, 3.8) is 0 Å². The minimum atomic E-state index is -1.32. The Labute approximate surface area is 340 Å². The number of cyclic esters (lactones) is 1. The van der Waals surface area contributed by atoms with Gasteiger partial charge in [-0.25, -0.2) is 4.79 Å². The van der Waals surface area contributed by atoms with E-state index in [4.69, 9.17) is 4.74 Å². The summed E-state index contributed by atoms with van der Waals surface area (Å²) in [7, 11) is 4.45. The number of amides is 6. The lowest BCUT2D eigenvalue weighted by molar-refractivity contribution is -0.162. The third-order valence-corrected chi connectivity index (χ3v) is 10.8. The van der Waals surface area contributed by atoms with E-state index >= 15 is 0 Å². The number of unbranched alkanes of at least 4 members (excludes halogenated alkanes) is 1. The lowest BCUT2D eigenvalue weighted by Crippen LogP contribution is -2.60. The highest BCUT2D eigenvalue weighted by atomic mass is 16.5. The summed E-state index contributed by atoms with van der Waals surface area (Å²) in [6.07, 6.45) is 2.44. The zero-order valence-corrected chi connectivity index (χ0v) is 36.4. The number of nitrogens with one attached hydrogen (secondary N) is 3. The van der Waals surface area contributed by atoms with E-state index in [0.29, 0.717) is 0 Å². The molecule has 1 saturated heterocycles. The number of carbonyl (C=O) groups is 7. The Morgan fingerprint density at radius 3 is 1.67 bits per heavy atom. The standard InChI is InChI=1S/C43H70N6O8/c1-13-15-19-28(7)24-34-41(54)47(10)29(8)43(56)57-30(9)37(50)44-32(14-2)40(53)48(11)35(23-27(5)6)38(51)45-33(22-26(3)4)42(55)49(12)36(39(52)46-34)25-31-20-17-16-18-21-31/h16-18,20-21,26-30,32-36H,13-15,19,22-25H2,1-12H3,(H,44,50)(H,45,51)(H,46,52)/t28-,29+,30-,32+,33+,34+,35+,36+/m1/s1. The van der Waals surface area contributed by atoms with Crippen molar-refractivity contribution in [3.05, 3.63) is 35.9 Å². The van der Waals surface area contributed by atoms with Crippen molar-refractivity contribution >= 4 is 41.4 Å². The van der Waals surface area contributed by atoms with Gasteiger partial charge in [0, 0.05) is 27.6 Å². The maximum absolute atomic E-state index is 14.6. The first-order valence-corrected chi connectivity index (χ1v) is 20.7. The van der Waals surface area contributed by atoms with Gasteiger partial charge in [0.25, 0.3) is 5.91 Å². The number of rotatable bonds is 12. The molecular formula is C43H70N6O8. The summed E-state index contributed by atoms with van der Waals surface area (Å²) in [5, 5.41) is 8.55. The van der Waals surface area contributed by atoms with E-state index in [1.54, 1.807) is 6.92 Å². The molecule has 1 aliphatic rings. The van der Waals surface area contributed by atoms with Crippen molar-refractivity contribution in [2.75, 3.05) is 21.1 Å². The molecule has 14 heteroatoms. The molecule has 0 radical (unpaired) electrons. The van der Waals surface area contributed by atoms with Crippen LogP contribution in [0.5, 0.6) is 0 Å². The van der Waals surface area contributed by atoms with E-state index in [1.807, 2.05) is 65.0 Å². The van der Waals surface area contributed by atoms with Gasteiger partial charge in [0.2, 0.25) is 29.5 Å². The van der Waals surface area contributed by atoms with E-state index < -0.39 is 83.8 Å². The Hall–Kier alpha value is -4.49. The Bertz CT molecular complexity index is 1520. The smallest absolute Gasteiger partial charge is 0.329 e. The fourth-order valence-electron chi connectivity index (χ4n) is 7.00. The zero-order chi connectivity index (χ0) is 43.1. The second kappa shape index (κ2) is 23.0. The lowest BCUT2D eigenvalue weighted by Gasteiger charge is -2.35. The third kappa shape index (κ3) is 14.4. The van der Waals surface area contributed by atoms with Gasteiger partial charge in [-0.2, -0.15) is 0 Å². The van der Waals surface area contributed by atoms with Crippen molar-refractivity contribution in [1.82, 2.24) is 30.7 Å². The Balaban J connectivity index is 2.78. The Morgan fingerprint density at radius 1 is 0.632 bits per heavy atom. The molecule has 1 aromatic carbocycles. The normalized spacial score (nSPS) is 26.2. The van der Waals surface area contributed by atoms with E-state index in [-0.39, 0.29) is 49.9 Å². The van der Waals surface area contributed by atoms with Crippen molar-refractivity contribution in [1.29, 1.82) is 0 Å². The van der Waals surface area contributed by atoms with Gasteiger partial charge in [0.1, 0.15) is 36.3 Å². The number of esters is 1. The van der Waals surface area contributed by atoms with Crippen molar-refractivity contribution < 1.29 is 38.3 Å². The van der Waals surface area contributed by atoms with E-state index in [9.17, 15) is 33.6 Å². The van der Waals surface area contributed by atoms with Crippen LogP contribution in [0.2, 0.25) is 0 Å². The Kier molecular flexibility index (Phi) is 19.7. The number of carbonyl (C=O) groups excluding carboxylic acids is 7. The molecule has 0 spiro atoms. The average Bonchev–Trinajstić information content (AvgIpc) is 3.17. The molecule has 0 aliphatic carbocycles. The van der Waals surface area contributed by atoms with Gasteiger partial charge in [-0.15, -0.1) is 0 Å². The average molecular weight is 799 g/mol. The van der Waals surface area contributed by atoms with Gasteiger partial charge >= 0.3 is 5.97 Å². The molecule has 3 N–H and O–H groups in total. The molecule has 0 aromatic heterocycles. The summed E-state index contributed by atoms with van der Waals surface area (Å²) in [5.74, 6) is -4.30. The molecule has 2 rings (SSSR count). The molecule has 14 nitrogen and oxygen atoms in total. The minimum absolute atomic E-state index is 0.0248. The van der Waals surface area contributed by atoms with E-state index in [0.717, 1.165) is 24.8 Å². The van der Waals surface area contributed by atoms with Crippen molar-refractivity contribution in [2.24, 2.45) is 17.8 Å². The topological polar surface area (TPSA) is 175 Å². The second-order valence-electron chi connectivity index (χ2n) is 16.7. The summed E-state index contributed by atoms with van der Waals surface area (Å²) in [4.78, 5) is 102.